The number of aliphatic carboxylic acids is 1. The monoisotopic (exact) mass is 185 g/mol. The van der Waals surface area contributed by atoms with E-state index >= 15 is 0 Å². The van der Waals surface area contributed by atoms with Crippen LogP contribution in [-0.4, -0.2) is 35.9 Å². The van der Waals surface area contributed by atoms with Crippen molar-refractivity contribution in [1.82, 2.24) is 4.90 Å². The van der Waals surface area contributed by atoms with Crippen LogP contribution >= 0.6 is 0 Å². The first-order valence-electron chi connectivity index (χ1n) is 4.05. The van der Waals surface area contributed by atoms with Crippen LogP contribution in [0.2, 0.25) is 0 Å². The number of hydrogen-bond acceptors (Lipinski definition) is 3. The van der Waals surface area contributed by atoms with Gasteiger partial charge >= 0.3 is 5.97 Å². The zero-order valence-corrected chi connectivity index (χ0v) is 8.15. The van der Waals surface area contributed by atoms with E-state index in [1.807, 2.05) is 19.0 Å². The highest BCUT2D eigenvalue weighted by Crippen LogP contribution is 2.04. The van der Waals surface area contributed by atoms with Gasteiger partial charge in [-0.15, -0.1) is 0 Å². The highest BCUT2D eigenvalue weighted by atomic mass is 16.4. The first-order valence-corrected chi connectivity index (χ1v) is 4.05. The Hall–Kier alpha value is -1.32. The van der Waals surface area contributed by atoms with Crippen LogP contribution in [0.25, 0.3) is 0 Å². The van der Waals surface area contributed by atoms with Crippen molar-refractivity contribution in [3.63, 3.8) is 0 Å². The maximum absolute atomic E-state index is 10.9. The summed E-state index contributed by atoms with van der Waals surface area (Å²) in [7, 11) is 3.72. The van der Waals surface area contributed by atoms with Crippen molar-refractivity contribution in [3.8, 4) is 0 Å². The summed E-state index contributed by atoms with van der Waals surface area (Å²) in [4.78, 5) is 23.0. The van der Waals surface area contributed by atoms with E-state index in [0.717, 1.165) is 0 Å². The van der Waals surface area contributed by atoms with Crippen molar-refractivity contribution in [2.45, 2.75) is 13.3 Å². The van der Waals surface area contributed by atoms with Crippen molar-refractivity contribution >= 4 is 11.8 Å². The molecule has 0 aromatic carbocycles. The second kappa shape index (κ2) is 5.35. The second-order valence-corrected chi connectivity index (χ2v) is 3.15. The molecule has 74 valence electrons. The Morgan fingerprint density at radius 2 is 2.00 bits per heavy atom. The van der Waals surface area contributed by atoms with Gasteiger partial charge in [-0.25, -0.2) is 4.79 Å². The third-order valence-corrected chi connectivity index (χ3v) is 1.55. The predicted octanol–water partition coefficient (Wildman–Crippen LogP) is 0.742. The minimum absolute atomic E-state index is 0.450. The minimum Gasteiger partial charge on any atom is -0.475 e. The summed E-state index contributed by atoms with van der Waals surface area (Å²) in [6.45, 7) is 1.61. The SMILES string of the molecule is CC(CC=CN(C)C)C(=O)C(=O)O. The molecule has 0 fully saturated rings. The molecule has 0 saturated carbocycles. The van der Waals surface area contributed by atoms with Crippen molar-refractivity contribution in [2.24, 2.45) is 5.92 Å². The lowest BCUT2D eigenvalue weighted by atomic mass is 10.0. The molecule has 0 spiro atoms. The Bertz CT molecular complexity index is 221. The smallest absolute Gasteiger partial charge is 0.372 e. The molecular weight excluding hydrogens is 170 g/mol. The Morgan fingerprint density at radius 3 is 2.38 bits per heavy atom. The van der Waals surface area contributed by atoms with Gasteiger partial charge in [0.1, 0.15) is 0 Å². The van der Waals surface area contributed by atoms with E-state index in [2.05, 4.69) is 0 Å². The number of rotatable bonds is 5. The number of carboxylic acid groups (broad SMARTS) is 1. The van der Waals surface area contributed by atoms with E-state index in [1.54, 1.807) is 19.2 Å². The summed E-state index contributed by atoms with van der Waals surface area (Å²) in [6.07, 6.45) is 4.04. The van der Waals surface area contributed by atoms with Crippen molar-refractivity contribution in [3.05, 3.63) is 12.3 Å². The summed E-state index contributed by atoms with van der Waals surface area (Å²) in [5.74, 6) is -2.54. The van der Waals surface area contributed by atoms with Crippen LogP contribution in [-0.2, 0) is 9.59 Å². The van der Waals surface area contributed by atoms with Crippen LogP contribution in [0.3, 0.4) is 0 Å². The maximum atomic E-state index is 10.9. The molecule has 1 N–H and O–H groups in total. The summed E-state index contributed by atoms with van der Waals surface area (Å²) >= 11 is 0. The average Bonchev–Trinajstić information content (AvgIpc) is 2.02. The first kappa shape index (κ1) is 11.7. The molecule has 0 saturated heterocycles. The quantitative estimate of drug-likeness (QED) is 0.642. The lowest BCUT2D eigenvalue weighted by molar-refractivity contribution is -0.150. The summed E-state index contributed by atoms with van der Waals surface area (Å²) in [5, 5.41) is 8.38. The average molecular weight is 185 g/mol. The van der Waals surface area contributed by atoms with Gasteiger partial charge in [0.25, 0.3) is 0 Å². The molecule has 0 heterocycles. The number of hydrogen-bond donors (Lipinski definition) is 1. The normalized spacial score (nSPS) is 12.8. The Labute approximate surface area is 77.8 Å². The molecule has 4 heteroatoms. The zero-order valence-electron chi connectivity index (χ0n) is 8.15. The maximum Gasteiger partial charge on any atom is 0.372 e. The molecule has 0 rings (SSSR count). The molecule has 0 radical (unpaired) electrons. The number of allylic oxidation sites excluding steroid dienone is 1. The van der Waals surface area contributed by atoms with Gasteiger partial charge in [0.15, 0.2) is 0 Å². The van der Waals surface area contributed by atoms with E-state index in [-0.39, 0.29) is 0 Å². The molecule has 1 atom stereocenters. The van der Waals surface area contributed by atoms with Crippen molar-refractivity contribution in [1.29, 1.82) is 0 Å². The largest absolute Gasteiger partial charge is 0.475 e. The molecule has 0 aromatic heterocycles. The fourth-order valence-corrected chi connectivity index (χ4v) is 0.794. The lowest BCUT2D eigenvalue weighted by Crippen LogP contribution is -2.20. The van der Waals surface area contributed by atoms with E-state index in [1.165, 1.54) is 0 Å². The van der Waals surface area contributed by atoms with Gasteiger partial charge in [0, 0.05) is 20.0 Å². The number of carbonyl (C=O) groups excluding carboxylic acids is 1. The van der Waals surface area contributed by atoms with E-state index in [4.69, 9.17) is 5.11 Å². The molecule has 0 bridgehead atoms. The summed E-state index contributed by atoms with van der Waals surface area (Å²) < 4.78 is 0. The highest BCUT2D eigenvalue weighted by Gasteiger charge is 2.18. The standard InChI is InChI=1S/C9H15NO3/c1-7(8(11)9(12)13)5-4-6-10(2)3/h4,6-7H,5H2,1-3H3,(H,12,13). The molecule has 0 amide bonds. The van der Waals surface area contributed by atoms with E-state index in [0.29, 0.717) is 6.42 Å². The number of carbonyl (C=O) groups is 2. The third-order valence-electron chi connectivity index (χ3n) is 1.55. The van der Waals surface area contributed by atoms with Crippen LogP contribution in [0.15, 0.2) is 12.3 Å². The third kappa shape index (κ3) is 5.00. The summed E-state index contributed by atoms with van der Waals surface area (Å²) in [5.41, 5.74) is 0. The van der Waals surface area contributed by atoms with Crippen LogP contribution in [0.1, 0.15) is 13.3 Å². The van der Waals surface area contributed by atoms with Crippen LogP contribution in [0, 0.1) is 5.92 Å². The van der Waals surface area contributed by atoms with Gasteiger partial charge in [-0.05, 0) is 12.6 Å². The molecule has 0 aromatic rings. The van der Waals surface area contributed by atoms with Crippen LogP contribution < -0.4 is 0 Å². The topological polar surface area (TPSA) is 57.6 Å². The number of ketones is 1. The van der Waals surface area contributed by atoms with Gasteiger partial charge < -0.3 is 10.0 Å². The molecular formula is C9H15NO3. The van der Waals surface area contributed by atoms with Gasteiger partial charge in [-0.2, -0.15) is 0 Å². The predicted molar refractivity (Wildman–Crippen MR) is 49.3 cm³/mol. The number of nitrogens with zero attached hydrogens (tertiary/aromatic N) is 1. The zero-order chi connectivity index (χ0) is 10.4. The van der Waals surface area contributed by atoms with Gasteiger partial charge in [0.2, 0.25) is 5.78 Å². The second-order valence-electron chi connectivity index (χ2n) is 3.15. The molecule has 0 aliphatic heterocycles. The fraction of sp³-hybridized carbons (Fsp3) is 0.556. The molecule has 4 nitrogen and oxygen atoms in total. The molecule has 0 aliphatic rings. The summed E-state index contributed by atoms with van der Waals surface area (Å²) in [6, 6.07) is 0. The lowest BCUT2D eigenvalue weighted by Gasteiger charge is -2.05. The molecule has 1 unspecified atom stereocenters. The number of carboxylic acids is 1. The fourth-order valence-electron chi connectivity index (χ4n) is 0.794. The Kier molecular flexibility index (Phi) is 4.80. The van der Waals surface area contributed by atoms with Gasteiger partial charge in [-0.3, -0.25) is 4.79 Å². The molecule has 0 aliphatic carbocycles. The van der Waals surface area contributed by atoms with Crippen molar-refractivity contribution in [2.75, 3.05) is 14.1 Å². The van der Waals surface area contributed by atoms with Crippen molar-refractivity contribution < 1.29 is 14.7 Å². The van der Waals surface area contributed by atoms with Gasteiger partial charge in [-0.1, -0.05) is 13.0 Å². The molecule has 13 heavy (non-hydrogen) atoms. The first-order chi connectivity index (χ1) is 5.95. The van der Waals surface area contributed by atoms with Gasteiger partial charge in [0.05, 0.1) is 0 Å². The van der Waals surface area contributed by atoms with Crippen LogP contribution in [0.5, 0.6) is 0 Å². The van der Waals surface area contributed by atoms with E-state index in [9.17, 15) is 9.59 Å². The Morgan fingerprint density at radius 1 is 1.46 bits per heavy atom. The van der Waals surface area contributed by atoms with E-state index < -0.39 is 17.7 Å². The minimum atomic E-state index is -1.36. The highest BCUT2D eigenvalue weighted by molar-refractivity contribution is 6.33. The van der Waals surface area contributed by atoms with Crippen LogP contribution in [0.4, 0.5) is 0 Å². The Balaban J connectivity index is 3.94. The number of Topliss-reactive ketones (excluding diaryl/α,β-unsaturated/α-hetero) is 1.